The third-order valence-electron chi connectivity index (χ3n) is 7.42. The van der Waals surface area contributed by atoms with Crippen LogP contribution in [0.4, 0.5) is 0 Å². The van der Waals surface area contributed by atoms with Crippen molar-refractivity contribution in [1.82, 2.24) is 0 Å². The van der Waals surface area contributed by atoms with Gasteiger partial charge in [0.25, 0.3) is 0 Å². The summed E-state index contributed by atoms with van der Waals surface area (Å²) < 4.78 is 22.9. The summed E-state index contributed by atoms with van der Waals surface area (Å²) in [7, 11) is 1.61. The number of aliphatic hydroxyl groups excluding tert-OH is 1. The first-order valence-corrected chi connectivity index (χ1v) is 9.18. The number of hydrogen-bond donors (Lipinski definition) is 2. The number of ether oxygens (including phenoxy) is 3. The number of carbonyl (C=O) groups is 1. The minimum absolute atomic E-state index is 0.205. The second-order valence-corrected chi connectivity index (χ2v) is 8.55. The van der Waals surface area contributed by atoms with Crippen LogP contribution in [0.25, 0.3) is 11.0 Å². The maximum absolute atomic E-state index is 12.8. The largest absolute Gasteiger partial charge is 0.496 e. The first-order chi connectivity index (χ1) is 12.8. The van der Waals surface area contributed by atoms with Gasteiger partial charge in [0.15, 0.2) is 5.79 Å². The zero-order valence-corrected chi connectivity index (χ0v) is 15.0. The van der Waals surface area contributed by atoms with E-state index in [-0.39, 0.29) is 18.9 Å². The molecule has 2 aliphatic carbocycles. The van der Waals surface area contributed by atoms with Gasteiger partial charge in [0.1, 0.15) is 29.0 Å². The first-order valence-electron chi connectivity index (χ1n) is 9.18. The van der Waals surface area contributed by atoms with Gasteiger partial charge in [-0.2, -0.15) is 0 Å². The summed E-state index contributed by atoms with van der Waals surface area (Å²) >= 11 is 0. The Balaban J connectivity index is 1.70. The van der Waals surface area contributed by atoms with E-state index in [1.807, 2.05) is 12.1 Å². The highest BCUT2D eigenvalue weighted by molar-refractivity contribution is 5.90. The Hall–Kier alpha value is -2.09. The van der Waals surface area contributed by atoms with E-state index in [1.165, 1.54) is 0 Å². The zero-order valence-electron chi connectivity index (χ0n) is 15.0. The predicted octanol–water partition coefficient (Wildman–Crippen LogP) is 1.27. The molecule has 7 nitrogen and oxygen atoms in total. The standard InChI is InChI=1S/C20H20O7/c1-18-15-13(27-17(18)22)5-10-11(6-12(24-2)9-3-4-25-14(9)10)19(15)7-20(23,16(18)21)26-8-19/h3-4,6,13,15-16,21,23H,5,7-8H2,1-2H3/t13-,15+,16+,18-,19-,20+/m1/s1. The summed E-state index contributed by atoms with van der Waals surface area (Å²) in [6.07, 6.45) is 0.601. The predicted molar refractivity (Wildman–Crippen MR) is 91.2 cm³/mol. The molecule has 6 atom stereocenters. The van der Waals surface area contributed by atoms with Crippen LogP contribution < -0.4 is 4.74 Å². The van der Waals surface area contributed by atoms with Gasteiger partial charge < -0.3 is 28.8 Å². The van der Waals surface area contributed by atoms with Crippen molar-refractivity contribution < 1.29 is 33.6 Å². The van der Waals surface area contributed by atoms with Crippen molar-refractivity contribution in [2.75, 3.05) is 13.7 Å². The molecule has 7 heteroatoms. The Morgan fingerprint density at radius 1 is 1.37 bits per heavy atom. The lowest BCUT2D eigenvalue weighted by atomic mass is 9.48. The summed E-state index contributed by atoms with van der Waals surface area (Å²) in [6, 6.07) is 3.83. The van der Waals surface area contributed by atoms with Gasteiger partial charge in [-0.1, -0.05) is 0 Å². The van der Waals surface area contributed by atoms with E-state index in [1.54, 1.807) is 20.3 Å². The van der Waals surface area contributed by atoms with Crippen molar-refractivity contribution >= 4 is 16.9 Å². The molecule has 3 fully saturated rings. The van der Waals surface area contributed by atoms with Crippen LogP contribution in [0.3, 0.4) is 0 Å². The molecule has 0 radical (unpaired) electrons. The average Bonchev–Trinajstić information content (AvgIpc) is 3.31. The lowest BCUT2D eigenvalue weighted by Crippen LogP contribution is -2.65. The minimum Gasteiger partial charge on any atom is -0.496 e. The van der Waals surface area contributed by atoms with E-state index < -0.39 is 34.8 Å². The first kappa shape index (κ1) is 15.9. The Morgan fingerprint density at radius 3 is 2.96 bits per heavy atom. The van der Waals surface area contributed by atoms with Gasteiger partial charge in [0.05, 0.1) is 25.4 Å². The number of esters is 1. The average molecular weight is 372 g/mol. The molecule has 2 bridgehead atoms. The fraction of sp³-hybridized carbons (Fsp3) is 0.550. The third kappa shape index (κ3) is 1.52. The van der Waals surface area contributed by atoms with Crippen molar-refractivity contribution in [3.05, 3.63) is 29.5 Å². The van der Waals surface area contributed by atoms with E-state index >= 15 is 0 Å². The maximum Gasteiger partial charge on any atom is 0.315 e. The van der Waals surface area contributed by atoms with Gasteiger partial charge in [-0.25, -0.2) is 0 Å². The number of rotatable bonds is 1. The van der Waals surface area contributed by atoms with Gasteiger partial charge in [0.2, 0.25) is 0 Å². The molecule has 1 aromatic carbocycles. The molecular formula is C20H20O7. The molecule has 4 aliphatic rings. The van der Waals surface area contributed by atoms with Crippen LogP contribution in [0.15, 0.2) is 22.8 Å². The second-order valence-electron chi connectivity index (χ2n) is 8.55. The van der Waals surface area contributed by atoms with Crippen LogP contribution in [-0.4, -0.2) is 47.9 Å². The summed E-state index contributed by atoms with van der Waals surface area (Å²) in [5, 5.41) is 22.8. The van der Waals surface area contributed by atoms with Crippen LogP contribution in [0.2, 0.25) is 0 Å². The highest BCUT2D eigenvalue weighted by atomic mass is 16.6. The highest BCUT2D eigenvalue weighted by Gasteiger charge is 2.78. The van der Waals surface area contributed by atoms with E-state index in [2.05, 4.69) is 0 Å². The number of methoxy groups -OCH3 is 1. The number of furan rings is 1. The molecule has 2 N–H and O–H groups in total. The Morgan fingerprint density at radius 2 is 2.19 bits per heavy atom. The molecule has 2 aromatic rings. The SMILES string of the molecule is COc1cc2c(c3occc13)C[C@H]1OC(=O)[C@]3(C)[C@H]1[C@]21CO[C@@](O)(C1)[C@H]3O. The van der Waals surface area contributed by atoms with Gasteiger partial charge in [-0.15, -0.1) is 0 Å². The molecule has 6 rings (SSSR count). The molecular weight excluding hydrogens is 352 g/mol. The van der Waals surface area contributed by atoms with Crippen molar-refractivity contribution in [3.63, 3.8) is 0 Å². The molecule has 142 valence electrons. The molecule has 27 heavy (non-hydrogen) atoms. The van der Waals surface area contributed by atoms with Crippen LogP contribution in [0.1, 0.15) is 24.5 Å². The van der Waals surface area contributed by atoms with Crippen molar-refractivity contribution in [1.29, 1.82) is 0 Å². The molecule has 3 heterocycles. The van der Waals surface area contributed by atoms with Gasteiger partial charge in [0, 0.05) is 29.7 Å². The fourth-order valence-electron chi connectivity index (χ4n) is 6.38. The van der Waals surface area contributed by atoms with Crippen molar-refractivity contribution in [2.24, 2.45) is 11.3 Å². The molecule has 2 aliphatic heterocycles. The molecule has 1 saturated carbocycles. The van der Waals surface area contributed by atoms with Gasteiger partial charge in [-0.05, 0) is 24.6 Å². The number of carbonyl (C=O) groups excluding carboxylic acids is 1. The smallest absolute Gasteiger partial charge is 0.315 e. The summed E-state index contributed by atoms with van der Waals surface area (Å²) in [4.78, 5) is 12.8. The normalized spacial score (nSPS) is 44.1. The second kappa shape index (κ2) is 4.48. The number of aliphatic hydroxyl groups is 2. The van der Waals surface area contributed by atoms with E-state index in [4.69, 9.17) is 18.6 Å². The van der Waals surface area contributed by atoms with Crippen molar-refractivity contribution in [3.8, 4) is 5.75 Å². The maximum atomic E-state index is 12.8. The van der Waals surface area contributed by atoms with Crippen LogP contribution in [0, 0.1) is 11.3 Å². The third-order valence-corrected chi connectivity index (χ3v) is 7.42. The van der Waals surface area contributed by atoms with Crippen LogP contribution in [-0.2, 0) is 26.1 Å². The molecule has 2 saturated heterocycles. The number of benzene rings is 1. The Labute approximate surface area is 154 Å². The summed E-state index contributed by atoms with van der Waals surface area (Å²) in [5.41, 5.74) is 0.746. The fourth-order valence-corrected chi connectivity index (χ4v) is 6.38. The van der Waals surface area contributed by atoms with Gasteiger partial charge >= 0.3 is 5.97 Å². The molecule has 1 aromatic heterocycles. The van der Waals surface area contributed by atoms with Crippen molar-refractivity contribution in [2.45, 2.75) is 43.2 Å². The summed E-state index contributed by atoms with van der Waals surface area (Å²) in [5.74, 6) is -1.87. The quantitative estimate of drug-likeness (QED) is 0.728. The van der Waals surface area contributed by atoms with Crippen LogP contribution in [0.5, 0.6) is 5.75 Å². The number of hydrogen-bond acceptors (Lipinski definition) is 7. The van der Waals surface area contributed by atoms with E-state index in [0.717, 1.165) is 16.5 Å². The Kier molecular flexibility index (Phi) is 2.64. The molecule has 1 spiro atoms. The zero-order chi connectivity index (χ0) is 18.8. The van der Waals surface area contributed by atoms with E-state index in [9.17, 15) is 15.0 Å². The molecule has 0 amide bonds. The van der Waals surface area contributed by atoms with Crippen LogP contribution >= 0.6 is 0 Å². The highest BCUT2D eigenvalue weighted by Crippen LogP contribution is 2.67. The lowest BCUT2D eigenvalue weighted by molar-refractivity contribution is -0.263. The van der Waals surface area contributed by atoms with Gasteiger partial charge in [-0.3, -0.25) is 4.79 Å². The topological polar surface area (TPSA) is 98.4 Å². The molecule has 0 unspecified atom stereocenters. The van der Waals surface area contributed by atoms with E-state index in [0.29, 0.717) is 17.8 Å². The Bertz CT molecular complexity index is 1010. The monoisotopic (exact) mass is 372 g/mol. The number of fused-ring (bicyclic) bond motifs is 4. The summed E-state index contributed by atoms with van der Waals surface area (Å²) in [6.45, 7) is 1.89. The minimum atomic E-state index is -1.78. The lowest BCUT2D eigenvalue weighted by Gasteiger charge is -2.52.